The van der Waals surface area contributed by atoms with Gasteiger partial charge in [0.1, 0.15) is 0 Å². The first-order chi connectivity index (χ1) is 10.9. The number of nitrogens with zero attached hydrogens (tertiary/aromatic N) is 2. The third-order valence-corrected chi connectivity index (χ3v) is 3.82. The molecule has 0 spiro atoms. The molecule has 0 radical (unpaired) electrons. The Bertz CT molecular complexity index is 987. The Balaban J connectivity index is 2.02. The summed E-state index contributed by atoms with van der Waals surface area (Å²) in [5.74, 6) is 0.190. The van der Waals surface area contributed by atoms with Crippen LogP contribution in [0.4, 0.5) is 17.3 Å². The summed E-state index contributed by atoms with van der Waals surface area (Å²) >= 11 is 11.8. The van der Waals surface area contributed by atoms with Crippen LogP contribution in [0.1, 0.15) is 0 Å². The third kappa shape index (κ3) is 3.10. The van der Waals surface area contributed by atoms with Gasteiger partial charge in [-0.15, -0.1) is 0 Å². The number of non-ortho nitro benzene ring substituents is 1. The molecule has 0 fully saturated rings. The van der Waals surface area contributed by atoms with Crippen molar-refractivity contribution in [1.82, 2.24) is 9.97 Å². The van der Waals surface area contributed by atoms with Gasteiger partial charge in [0.2, 0.25) is 5.95 Å². The number of aromatic amines is 1. The lowest BCUT2D eigenvalue weighted by Gasteiger charge is -2.07. The van der Waals surface area contributed by atoms with Gasteiger partial charge in [0.05, 0.1) is 25.9 Å². The Hall–Kier alpha value is -2.64. The van der Waals surface area contributed by atoms with Gasteiger partial charge in [-0.1, -0.05) is 23.2 Å². The van der Waals surface area contributed by atoms with Crippen LogP contribution in [-0.2, 0) is 0 Å². The number of H-pyrrole nitrogens is 1. The molecule has 2 N–H and O–H groups in total. The van der Waals surface area contributed by atoms with Crippen molar-refractivity contribution in [2.45, 2.75) is 0 Å². The number of nitrogens with one attached hydrogen (secondary N) is 2. The highest BCUT2D eigenvalue weighted by Crippen LogP contribution is 2.26. The van der Waals surface area contributed by atoms with Crippen molar-refractivity contribution in [3.63, 3.8) is 0 Å². The van der Waals surface area contributed by atoms with Gasteiger partial charge in [-0.05, 0) is 24.3 Å². The van der Waals surface area contributed by atoms with Gasteiger partial charge in [-0.3, -0.25) is 19.9 Å². The lowest BCUT2D eigenvalue weighted by Crippen LogP contribution is -2.11. The maximum Gasteiger partial charge on any atom is 0.270 e. The summed E-state index contributed by atoms with van der Waals surface area (Å²) in [4.78, 5) is 29.0. The molecule has 0 unspecified atom stereocenters. The minimum absolute atomic E-state index is 0.138. The molecule has 1 aromatic heterocycles. The Morgan fingerprint density at radius 3 is 2.61 bits per heavy atom. The predicted octanol–water partition coefficient (Wildman–Crippen LogP) is 3.88. The quantitative estimate of drug-likeness (QED) is 0.551. The number of hydrogen-bond acceptors (Lipinski definition) is 5. The molecular formula is C14H8Cl2N4O3. The fraction of sp³-hybridized carbons (Fsp3) is 0. The summed E-state index contributed by atoms with van der Waals surface area (Å²) in [6.07, 6.45) is 0. The molecule has 1 heterocycles. The number of rotatable bonds is 3. The van der Waals surface area contributed by atoms with Crippen LogP contribution in [0.15, 0.2) is 41.2 Å². The van der Waals surface area contributed by atoms with E-state index in [2.05, 4.69) is 15.3 Å². The molecule has 0 atom stereocenters. The standard InChI is InChI=1S/C14H8Cl2N4O3/c15-10-3-1-7(5-11(10)16)17-14-18-12-4-2-8(20(22)23)6-9(12)13(21)19-14/h1-6H,(H2,17,18,19,21). The molecule has 0 bridgehead atoms. The molecule has 3 aromatic rings. The molecule has 0 aliphatic carbocycles. The maximum absolute atomic E-state index is 12.1. The summed E-state index contributed by atoms with van der Waals surface area (Å²) in [7, 11) is 0. The van der Waals surface area contributed by atoms with Crippen LogP contribution in [0, 0.1) is 10.1 Å². The summed E-state index contributed by atoms with van der Waals surface area (Å²) in [6.45, 7) is 0. The molecule has 2 aromatic carbocycles. The summed E-state index contributed by atoms with van der Waals surface area (Å²) in [6, 6.07) is 8.76. The molecule has 0 aliphatic heterocycles. The topological polar surface area (TPSA) is 101 Å². The van der Waals surface area contributed by atoms with E-state index >= 15 is 0 Å². The van der Waals surface area contributed by atoms with Gasteiger partial charge in [-0.2, -0.15) is 0 Å². The lowest BCUT2D eigenvalue weighted by molar-refractivity contribution is -0.384. The molecule has 0 saturated heterocycles. The van der Waals surface area contributed by atoms with Gasteiger partial charge >= 0.3 is 0 Å². The van der Waals surface area contributed by atoms with Gasteiger partial charge in [-0.25, -0.2) is 4.98 Å². The molecule has 116 valence electrons. The molecule has 7 nitrogen and oxygen atoms in total. The molecule has 0 aliphatic rings. The van der Waals surface area contributed by atoms with Gasteiger partial charge in [0.25, 0.3) is 11.2 Å². The van der Waals surface area contributed by atoms with E-state index in [1.807, 2.05) is 0 Å². The number of fused-ring (bicyclic) bond motifs is 1. The van der Waals surface area contributed by atoms with Crippen LogP contribution < -0.4 is 10.9 Å². The van der Waals surface area contributed by atoms with Crippen molar-refractivity contribution in [2.75, 3.05) is 5.32 Å². The van der Waals surface area contributed by atoms with Crippen molar-refractivity contribution >= 4 is 51.4 Å². The monoisotopic (exact) mass is 350 g/mol. The minimum Gasteiger partial charge on any atom is -0.326 e. The molecule has 3 rings (SSSR count). The summed E-state index contributed by atoms with van der Waals surface area (Å²) in [5.41, 5.74) is 0.266. The van der Waals surface area contributed by atoms with E-state index in [-0.39, 0.29) is 17.0 Å². The maximum atomic E-state index is 12.1. The fourth-order valence-corrected chi connectivity index (χ4v) is 2.31. The van der Waals surface area contributed by atoms with E-state index in [9.17, 15) is 14.9 Å². The van der Waals surface area contributed by atoms with Gasteiger partial charge in [0.15, 0.2) is 0 Å². The first-order valence-electron chi connectivity index (χ1n) is 6.34. The molecule has 9 heteroatoms. The largest absolute Gasteiger partial charge is 0.326 e. The number of nitro benzene ring substituents is 1. The Kier molecular flexibility index (Phi) is 3.89. The Morgan fingerprint density at radius 2 is 1.91 bits per heavy atom. The minimum atomic E-state index is -0.569. The first kappa shape index (κ1) is 15.3. The average molecular weight is 351 g/mol. The zero-order chi connectivity index (χ0) is 16.6. The van der Waals surface area contributed by atoms with E-state index < -0.39 is 10.5 Å². The second-order valence-electron chi connectivity index (χ2n) is 4.63. The highest BCUT2D eigenvalue weighted by atomic mass is 35.5. The Morgan fingerprint density at radius 1 is 1.13 bits per heavy atom. The number of anilines is 2. The molecule has 0 amide bonds. The predicted molar refractivity (Wildman–Crippen MR) is 88.8 cm³/mol. The van der Waals surface area contributed by atoms with Crippen LogP contribution in [0.5, 0.6) is 0 Å². The third-order valence-electron chi connectivity index (χ3n) is 3.08. The highest BCUT2D eigenvalue weighted by molar-refractivity contribution is 6.42. The first-order valence-corrected chi connectivity index (χ1v) is 7.10. The fourth-order valence-electron chi connectivity index (χ4n) is 2.01. The number of hydrogen-bond donors (Lipinski definition) is 2. The molecule has 23 heavy (non-hydrogen) atoms. The van der Waals surface area contributed by atoms with Crippen LogP contribution in [-0.4, -0.2) is 14.9 Å². The molecule has 0 saturated carbocycles. The van der Waals surface area contributed by atoms with Crippen LogP contribution >= 0.6 is 23.2 Å². The zero-order valence-corrected chi connectivity index (χ0v) is 12.9. The van der Waals surface area contributed by atoms with Crippen molar-refractivity contribution < 1.29 is 4.92 Å². The smallest absolute Gasteiger partial charge is 0.270 e. The van der Waals surface area contributed by atoms with Crippen molar-refractivity contribution in [3.05, 3.63) is 66.9 Å². The zero-order valence-electron chi connectivity index (χ0n) is 11.3. The SMILES string of the molecule is O=c1[nH]c(Nc2ccc(Cl)c(Cl)c2)nc2ccc([N+](=O)[O-])cc12. The van der Waals surface area contributed by atoms with E-state index in [4.69, 9.17) is 23.2 Å². The van der Waals surface area contributed by atoms with E-state index in [1.54, 1.807) is 18.2 Å². The van der Waals surface area contributed by atoms with Crippen LogP contribution in [0.3, 0.4) is 0 Å². The van der Waals surface area contributed by atoms with E-state index in [0.29, 0.717) is 21.2 Å². The number of benzene rings is 2. The van der Waals surface area contributed by atoms with Gasteiger partial charge < -0.3 is 5.32 Å². The second kappa shape index (κ2) is 5.86. The van der Waals surface area contributed by atoms with E-state index in [0.717, 1.165) is 0 Å². The lowest BCUT2D eigenvalue weighted by atomic mass is 10.2. The summed E-state index contributed by atoms with van der Waals surface area (Å²) in [5, 5.41) is 14.6. The van der Waals surface area contributed by atoms with Crippen LogP contribution in [0.2, 0.25) is 10.0 Å². The van der Waals surface area contributed by atoms with Crippen LogP contribution in [0.25, 0.3) is 10.9 Å². The van der Waals surface area contributed by atoms with Crippen molar-refractivity contribution in [3.8, 4) is 0 Å². The Labute approximate surface area is 139 Å². The molecular weight excluding hydrogens is 343 g/mol. The van der Waals surface area contributed by atoms with Crippen molar-refractivity contribution in [2.24, 2.45) is 0 Å². The summed E-state index contributed by atoms with van der Waals surface area (Å²) < 4.78 is 0. The number of nitro groups is 1. The number of aromatic nitrogens is 2. The second-order valence-corrected chi connectivity index (χ2v) is 5.44. The number of halogens is 2. The highest BCUT2D eigenvalue weighted by Gasteiger charge is 2.11. The van der Waals surface area contributed by atoms with E-state index in [1.165, 1.54) is 18.2 Å². The normalized spacial score (nSPS) is 10.7. The van der Waals surface area contributed by atoms with Crippen molar-refractivity contribution in [1.29, 1.82) is 0 Å². The van der Waals surface area contributed by atoms with Gasteiger partial charge in [0, 0.05) is 17.8 Å². The average Bonchev–Trinajstić information content (AvgIpc) is 2.50.